The van der Waals surface area contributed by atoms with Crippen molar-refractivity contribution in [3.05, 3.63) is 33.8 Å². The van der Waals surface area contributed by atoms with Crippen molar-refractivity contribution in [2.75, 3.05) is 26.8 Å². The molecule has 0 atom stereocenters. The summed E-state index contributed by atoms with van der Waals surface area (Å²) in [6.45, 7) is 5.42. The van der Waals surface area contributed by atoms with Gasteiger partial charge in [-0.3, -0.25) is 4.79 Å². The average molecular weight is 333 g/mol. The van der Waals surface area contributed by atoms with E-state index in [1.807, 2.05) is 19.9 Å². The first kappa shape index (κ1) is 18.2. The number of hydrogen-bond donors (Lipinski definition) is 2. The molecule has 1 aromatic carbocycles. The first-order chi connectivity index (χ1) is 9.84. The molecule has 4 nitrogen and oxygen atoms in total. The van der Waals surface area contributed by atoms with Crippen LogP contribution in [0.3, 0.4) is 0 Å². The van der Waals surface area contributed by atoms with E-state index in [0.717, 1.165) is 5.56 Å². The molecule has 0 aromatic heterocycles. The third-order valence-corrected chi connectivity index (χ3v) is 3.48. The fourth-order valence-electron chi connectivity index (χ4n) is 1.98. The van der Waals surface area contributed by atoms with E-state index < -0.39 is 5.54 Å². The molecule has 0 aliphatic rings. The number of nitrogens with one attached hydrogen (secondary N) is 2. The molecule has 118 valence electrons. The Hall–Kier alpha value is -0.810. The van der Waals surface area contributed by atoms with E-state index in [1.54, 1.807) is 19.2 Å². The number of carbonyl (C=O) groups is 1. The van der Waals surface area contributed by atoms with E-state index in [0.29, 0.717) is 29.6 Å². The molecule has 0 heterocycles. The summed E-state index contributed by atoms with van der Waals surface area (Å²) in [7, 11) is 1.63. The van der Waals surface area contributed by atoms with Crippen molar-refractivity contribution < 1.29 is 9.53 Å². The number of rotatable bonds is 8. The van der Waals surface area contributed by atoms with Crippen molar-refractivity contribution in [3.8, 4) is 0 Å². The minimum Gasteiger partial charge on any atom is -0.383 e. The zero-order chi connectivity index (χ0) is 15.9. The van der Waals surface area contributed by atoms with E-state index >= 15 is 0 Å². The van der Waals surface area contributed by atoms with Gasteiger partial charge in [0.25, 0.3) is 0 Å². The highest BCUT2D eigenvalue weighted by molar-refractivity contribution is 6.35. The van der Waals surface area contributed by atoms with Gasteiger partial charge in [0.05, 0.1) is 13.2 Å². The van der Waals surface area contributed by atoms with E-state index in [9.17, 15) is 4.79 Å². The third-order valence-electron chi connectivity index (χ3n) is 2.89. The monoisotopic (exact) mass is 332 g/mol. The van der Waals surface area contributed by atoms with Crippen molar-refractivity contribution in [1.29, 1.82) is 0 Å². The van der Waals surface area contributed by atoms with Gasteiger partial charge in [-0.15, -0.1) is 0 Å². The number of halogens is 2. The summed E-state index contributed by atoms with van der Waals surface area (Å²) in [4.78, 5) is 11.9. The van der Waals surface area contributed by atoms with E-state index in [1.165, 1.54) is 0 Å². The number of hydrogen-bond acceptors (Lipinski definition) is 3. The van der Waals surface area contributed by atoms with Crippen LogP contribution in [0.1, 0.15) is 19.4 Å². The van der Waals surface area contributed by atoms with Gasteiger partial charge >= 0.3 is 0 Å². The molecule has 0 bridgehead atoms. The lowest BCUT2D eigenvalue weighted by molar-refractivity contribution is -0.121. The van der Waals surface area contributed by atoms with Crippen LogP contribution in [0.5, 0.6) is 0 Å². The first-order valence-electron chi connectivity index (χ1n) is 6.78. The van der Waals surface area contributed by atoms with Gasteiger partial charge in [0.2, 0.25) is 5.91 Å². The van der Waals surface area contributed by atoms with Gasteiger partial charge in [-0.05, 0) is 38.0 Å². The number of methoxy groups -OCH3 is 1. The molecule has 2 N–H and O–H groups in total. The maximum atomic E-state index is 11.9. The van der Waals surface area contributed by atoms with Crippen LogP contribution in [0.4, 0.5) is 0 Å². The Morgan fingerprint density at radius 2 is 2.05 bits per heavy atom. The number of benzene rings is 1. The second-order valence-corrected chi connectivity index (χ2v) is 6.36. The summed E-state index contributed by atoms with van der Waals surface area (Å²) < 4.78 is 4.91. The van der Waals surface area contributed by atoms with Gasteiger partial charge in [0.1, 0.15) is 0 Å². The number of carbonyl (C=O) groups excluding carboxylic acids is 1. The van der Waals surface area contributed by atoms with Crippen molar-refractivity contribution in [3.63, 3.8) is 0 Å². The maximum absolute atomic E-state index is 11.9. The SMILES string of the molecule is COCCNCC(=O)NC(C)(C)Cc1ccc(Cl)cc1Cl. The lowest BCUT2D eigenvalue weighted by Crippen LogP contribution is -2.48. The van der Waals surface area contributed by atoms with Crippen LogP contribution < -0.4 is 10.6 Å². The topological polar surface area (TPSA) is 50.4 Å². The van der Waals surface area contributed by atoms with Crippen LogP contribution in [0, 0.1) is 0 Å². The van der Waals surface area contributed by atoms with Gasteiger partial charge in [0.15, 0.2) is 0 Å². The smallest absolute Gasteiger partial charge is 0.234 e. The predicted molar refractivity (Wildman–Crippen MR) is 87.1 cm³/mol. The summed E-state index contributed by atoms with van der Waals surface area (Å²) in [5, 5.41) is 7.22. The third kappa shape index (κ3) is 7.14. The fraction of sp³-hybridized carbons (Fsp3) is 0.533. The Morgan fingerprint density at radius 1 is 1.33 bits per heavy atom. The molecule has 0 aliphatic heterocycles. The van der Waals surface area contributed by atoms with Crippen LogP contribution in [0.25, 0.3) is 0 Å². The molecule has 6 heteroatoms. The van der Waals surface area contributed by atoms with Gasteiger partial charge in [0, 0.05) is 29.2 Å². The van der Waals surface area contributed by atoms with Crippen LogP contribution in [0.2, 0.25) is 10.0 Å². The van der Waals surface area contributed by atoms with Gasteiger partial charge in [-0.25, -0.2) is 0 Å². The molecule has 0 spiro atoms. The van der Waals surface area contributed by atoms with Crippen molar-refractivity contribution >= 4 is 29.1 Å². The predicted octanol–water partition coefficient (Wildman–Crippen LogP) is 2.67. The van der Waals surface area contributed by atoms with Crippen LogP contribution in [-0.4, -0.2) is 38.3 Å². The Balaban J connectivity index is 2.50. The fourth-order valence-corrected chi connectivity index (χ4v) is 2.46. The Morgan fingerprint density at radius 3 is 2.67 bits per heavy atom. The molecule has 1 amide bonds. The van der Waals surface area contributed by atoms with Crippen molar-refractivity contribution in [2.24, 2.45) is 0 Å². The summed E-state index contributed by atoms with van der Waals surface area (Å²) >= 11 is 12.0. The Bertz CT molecular complexity index is 479. The molecule has 0 saturated heterocycles. The van der Waals surface area contributed by atoms with Crippen molar-refractivity contribution in [1.82, 2.24) is 10.6 Å². The molecule has 21 heavy (non-hydrogen) atoms. The highest BCUT2D eigenvalue weighted by atomic mass is 35.5. The Labute approximate surface area is 136 Å². The quantitative estimate of drug-likeness (QED) is 0.719. The Kier molecular flexibility index (Phi) is 7.46. The zero-order valence-corrected chi connectivity index (χ0v) is 14.1. The molecule has 0 saturated carbocycles. The molecule has 0 fully saturated rings. The molecule has 1 aromatic rings. The standard InChI is InChI=1S/C15H22Cl2N2O2/c1-15(2,19-14(20)10-18-6-7-21-3)9-11-4-5-12(16)8-13(11)17/h4-5,8,18H,6-7,9-10H2,1-3H3,(H,19,20). The summed E-state index contributed by atoms with van der Waals surface area (Å²) in [6, 6.07) is 5.39. The van der Waals surface area contributed by atoms with E-state index in [-0.39, 0.29) is 12.5 Å². The number of amides is 1. The minimum absolute atomic E-state index is 0.0545. The normalized spacial score (nSPS) is 11.5. The van der Waals surface area contributed by atoms with Crippen LogP contribution >= 0.6 is 23.2 Å². The average Bonchev–Trinajstić information content (AvgIpc) is 2.37. The second kappa shape index (κ2) is 8.59. The highest BCUT2D eigenvalue weighted by Gasteiger charge is 2.22. The summed E-state index contributed by atoms with van der Waals surface area (Å²) in [5.41, 5.74) is 0.566. The van der Waals surface area contributed by atoms with E-state index in [4.69, 9.17) is 27.9 Å². The zero-order valence-electron chi connectivity index (χ0n) is 12.6. The molecule has 0 unspecified atom stereocenters. The molecule has 1 rings (SSSR count). The van der Waals surface area contributed by atoms with Gasteiger partial charge in [-0.1, -0.05) is 29.3 Å². The molecule has 0 aliphatic carbocycles. The molecule has 0 radical (unpaired) electrons. The van der Waals surface area contributed by atoms with Crippen LogP contribution in [0.15, 0.2) is 18.2 Å². The lowest BCUT2D eigenvalue weighted by Gasteiger charge is -2.27. The van der Waals surface area contributed by atoms with Gasteiger partial charge < -0.3 is 15.4 Å². The summed E-state index contributed by atoms with van der Waals surface area (Å²) in [6.07, 6.45) is 0.632. The minimum atomic E-state index is -0.391. The largest absolute Gasteiger partial charge is 0.383 e. The van der Waals surface area contributed by atoms with E-state index in [2.05, 4.69) is 10.6 Å². The summed E-state index contributed by atoms with van der Waals surface area (Å²) in [5.74, 6) is -0.0545. The molecular weight excluding hydrogens is 311 g/mol. The molecular formula is C15H22Cl2N2O2. The lowest BCUT2D eigenvalue weighted by atomic mass is 9.95. The second-order valence-electron chi connectivity index (χ2n) is 5.51. The van der Waals surface area contributed by atoms with Gasteiger partial charge in [-0.2, -0.15) is 0 Å². The number of ether oxygens (including phenoxy) is 1. The first-order valence-corrected chi connectivity index (χ1v) is 7.54. The van der Waals surface area contributed by atoms with Crippen molar-refractivity contribution in [2.45, 2.75) is 25.8 Å². The maximum Gasteiger partial charge on any atom is 0.234 e. The van der Waals surface area contributed by atoms with Crippen LogP contribution in [-0.2, 0) is 16.0 Å². The highest BCUT2D eigenvalue weighted by Crippen LogP contribution is 2.24.